The van der Waals surface area contributed by atoms with Crippen molar-refractivity contribution in [3.8, 4) is 5.69 Å². The first-order chi connectivity index (χ1) is 9.13. The Morgan fingerprint density at radius 3 is 2.58 bits per heavy atom. The van der Waals surface area contributed by atoms with E-state index in [4.69, 9.17) is 11.6 Å². The van der Waals surface area contributed by atoms with Gasteiger partial charge in [-0.05, 0) is 30.8 Å². The number of benzene rings is 1. The zero-order valence-electron chi connectivity index (χ0n) is 10.4. The molecule has 3 nitrogen and oxygen atoms in total. The molecule has 1 heterocycles. The number of nitrogens with zero attached hydrogens (tertiary/aromatic N) is 2. The van der Waals surface area contributed by atoms with Gasteiger partial charge in [-0.15, -0.1) is 0 Å². The van der Waals surface area contributed by atoms with Crippen molar-refractivity contribution in [1.29, 1.82) is 0 Å². The molecule has 0 fully saturated rings. The SMILES string of the molecule is CCNCc1cnn(-c2ccc(Cl)cc2)c1C(F)F. The lowest BCUT2D eigenvalue weighted by atomic mass is 10.2. The Hall–Kier alpha value is -1.46. The van der Waals surface area contributed by atoms with Gasteiger partial charge in [0.1, 0.15) is 5.69 Å². The molecule has 0 atom stereocenters. The number of hydrogen-bond acceptors (Lipinski definition) is 2. The van der Waals surface area contributed by atoms with Crippen LogP contribution in [0.15, 0.2) is 30.5 Å². The largest absolute Gasteiger partial charge is 0.313 e. The average Bonchev–Trinajstić information content (AvgIpc) is 2.81. The van der Waals surface area contributed by atoms with Crippen LogP contribution >= 0.6 is 11.6 Å². The van der Waals surface area contributed by atoms with Gasteiger partial charge in [0.15, 0.2) is 0 Å². The smallest absolute Gasteiger partial charge is 0.280 e. The second-order valence-corrected chi connectivity index (χ2v) is 4.46. The molecule has 0 spiro atoms. The molecular formula is C13H14ClF2N3. The number of alkyl halides is 2. The summed E-state index contributed by atoms with van der Waals surface area (Å²) < 4.78 is 27.7. The predicted octanol–water partition coefficient (Wildman–Crippen LogP) is 3.57. The molecule has 19 heavy (non-hydrogen) atoms. The van der Waals surface area contributed by atoms with Crippen molar-refractivity contribution in [1.82, 2.24) is 15.1 Å². The van der Waals surface area contributed by atoms with Crippen molar-refractivity contribution in [2.24, 2.45) is 0 Å². The maximum Gasteiger partial charge on any atom is 0.280 e. The minimum atomic E-state index is -2.58. The summed E-state index contributed by atoms with van der Waals surface area (Å²) >= 11 is 5.79. The van der Waals surface area contributed by atoms with Crippen LogP contribution in [0.3, 0.4) is 0 Å². The Kier molecular flexibility index (Phi) is 4.50. The van der Waals surface area contributed by atoms with E-state index in [2.05, 4.69) is 10.4 Å². The molecule has 0 aliphatic heterocycles. The van der Waals surface area contributed by atoms with E-state index in [9.17, 15) is 8.78 Å². The Bertz CT molecular complexity index is 537. The number of halogens is 3. The Morgan fingerprint density at radius 2 is 2.00 bits per heavy atom. The van der Waals surface area contributed by atoms with Crippen molar-refractivity contribution < 1.29 is 8.78 Å². The molecule has 0 radical (unpaired) electrons. The maximum absolute atomic E-state index is 13.2. The molecule has 0 aliphatic rings. The van der Waals surface area contributed by atoms with Gasteiger partial charge in [-0.2, -0.15) is 5.10 Å². The highest BCUT2D eigenvalue weighted by atomic mass is 35.5. The first kappa shape index (κ1) is 14.0. The van der Waals surface area contributed by atoms with Crippen LogP contribution in [0.2, 0.25) is 5.02 Å². The molecule has 0 unspecified atom stereocenters. The van der Waals surface area contributed by atoms with Gasteiger partial charge in [0.05, 0.1) is 11.9 Å². The first-order valence-electron chi connectivity index (χ1n) is 5.95. The molecule has 0 bridgehead atoms. The van der Waals surface area contributed by atoms with E-state index in [1.807, 2.05) is 6.92 Å². The normalized spacial score (nSPS) is 11.2. The third-order valence-corrected chi connectivity index (χ3v) is 2.98. The molecule has 2 rings (SSSR count). The highest BCUT2D eigenvalue weighted by molar-refractivity contribution is 6.30. The monoisotopic (exact) mass is 285 g/mol. The third kappa shape index (κ3) is 3.11. The van der Waals surface area contributed by atoms with Crippen molar-refractivity contribution in [3.63, 3.8) is 0 Å². The lowest BCUT2D eigenvalue weighted by molar-refractivity contribution is 0.141. The van der Waals surface area contributed by atoms with E-state index in [0.717, 1.165) is 6.54 Å². The summed E-state index contributed by atoms with van der Waals surface area (Å²) in [6.45, 7) is 3.02. The summed E-state index contributed by atoms with van der Waals surface area (Å²) in [5.41, 5.74) is 0.998. The number of hydrogen-bond donors (Lipinski definition) is 1. The third-order valence-electron chi connectivity index (χ3n) is 2.73. The number of rotatable bonds is 5. The van der Waals surface area contributed by atoms with Gasteiger partial charge in [0.2, 0.25) is 0 Å². The number of nitrogens with one attached hydrogen (secondary N) is 1. The minimum Gasteiger partial charge on any atom is -0.313 e. The topological polar surface area (TPSA) is 29.9 Å². The van der Waals surface area contributed by atoms with E-state index in [0.29, 0.717) is 22.8 Å². The van der Waals surface area contributed by atoms with Crippen LogP contribution in [0, 0.1) is 0 Å². The molecule has 1 aromatic heterocycles. The summed E-state index contributed by atoms with van der Waals surface area (Å²) in [6, 6.07) is 6.63. The van der Waals surface area contributed by atoms with E-state index in [-0.39, 0.29) is 5.69 Å². The van der Waals surface area contributed by atoms with Crippen molar-refractivity contribution in [2.75, 3.05) is 6.54 Å². The minimum absolute atomic E-state index is 0.0803. The fourth-order valence-electron chi connectivity index (χ4n) is 1.81. The Labute approximate surface area is 115 Å². The second-order valence-electron chi connectivity index (χ2n) is 4.02. The molecule has 6 heteroatoms. The molecule has 0 amide bonds. The molecule has 0 saturated heterocycles. The first-order valence-corrected chi connectivity index (χ1v) is 6.33. The Balaban J connectivity index is 2.39. The van der Waals surface area contributed by atoms with Crippen LogP contribution in [0.4, 0.5) is 8.78 Å². The summed E-state index contributed by atoms with van der Waals surface area (Å²) in [7, 11) is 0. The highest BCUT2D eigenvalue weighted by Crippen LogP contribution is 2.26. The summed E-state index contributed by atoms with van der Waals surface area (Å²) in [5, 5.41) is 7.63. The molecule has 0 aliphatic carbocycles. The van der Waals surface area contributed by atoms with Crippen LogP contribution in [0.5, 0.6) is 0 Å². The van der Waals surface area contributed by atoms with Gasteiger partial charge in [-0.3, -0.25) is 0 Å². The van der Waals surface area contributed by atoms with E-state index < -0.39 is 6.43 Å². The summed E-state index contributed by atoms with van der Waals surface area (Å²) in [4.78, 5) is 0. The van der Waals surface area contributed by atoms with Crippen LogP contribution in [-0.2, 0) is 6.54 Å². The van der Waals surface area contributed by atoms with Gasteiger partial charge in [-0.1, -0.05) is 18.5 Å². The average molecular weight is 286 g/mol. The second kappa shape index (κ2) is 6.12. The van der Waals surface area contributed by atoms with Crippen molar-refractivity contribution >= 4 is 11.6 Å². The molecule has 2 aromatic rings. The summed E-state index contributed by atoms with van der Waals surface area (Å²) in [6.07, 6.45) is -1.11. The highest BCUT2D eigenvalue weighted by Gasteiger charge is 2.20. The predicted molar refractivity (Wildman–Crippen MR) is 70.9 cm³/mol. The standard InChI is InChI=1S/C13H14ClF2N3/c1-2-17-7-9-8-18-19(12(9)13(15)16)11-5-3-10(14)4-6-11/h3-6,8,13,17H,2,7H2,1H3. The van der Waals surface area contributed by atoms with Crippen molar-refractivity contribution in [3.05, 3.63) is 46.7 Å². The Morgan fingerprint density at radius 1 is 1.32 bits per heavy atom. The van der Waals surface area contributed by atoms with Crippen LogP contribution in [-0.4, -0.2) is 16.3 Å². The van der Waals surface area contributed by atoms with E-state index in [1.165, 1.54) is 10.9 Å². The number of aromatic nitrogens is 2. The molecule has 102 valence electrons. The van der Waals surface area contributed by atoms with Crippen LogP contribution in [0.25, 0.3) is 5.69 Å². The summed E-state index contributed by atoms with van der Waals surface area (Å²) in [5.74, 6) is 0. The van der Waals surface area contributed by atoms with Gasteiger partial charge in [-0.25, -0.2) is 13.5 Å². The zero-order chi connectivity index (χ0) is 13.8. The fourth-order valence-corrected chi connectivity index (χ4v) is 1.93. The van der Waals surface area contributed by atoms with Gasteiger partial charge >= 0.3 is 0 Å². The lowest BCUT2D eigenvalue weighted by Gasteiger charge is -2.09. The molecule has 1 aromatic carbocycles. The van der Waals surface area contributed by atoms with Crippen LogP contribution < -0.4 is 5.32 Å². The van der Waals surface area contributed by atoms with Gasteiger partial charge < -0.3 is 5.32 Å². The molecular weight excluding hydrogens is 272 g/mol. The van der Waals surface area contributed by atoms with Gasteiger partial charge in [0, 0.05) is 17.1 Å². The molecule has 1 N–H and O–H groups in total. The lowest BCUT2D eigenvalue weighted by Crippen LogP contribution is -2.13. The van der Waals surface area contributed by atoms with Crippen molar-refractivity contribution in [2.45, 2.75) is 19.9 Å². The van der Waals surface area contributed by atoms with E-state index >= 15 is 0 Å². The fraction of sp³-hybridized carbons (Fsp3) is 0.308. The zero-order valence-corrected chi connectivity index (χ0v) is 11.2. The van der Waals surface area contributed by atoms with Gasteiger partial charge in [0.25, 0.3) is 6.43 Å². The molecule has 0 saturated carbocycles. The quantitative estimate of drug-likeness (QED) is 0.910. The van der Waals surface area contributed by atoms with Crippen LogP contribution in [0.1, 0.15) is 24.6 Å². The maximum atomic E-state index is 13.2. The van der Waals surface area contributed by atoms with E-state index in [1.54, 1.807) is 24.3 Å².